The molecule has 2 saturated heterocycles. The summed E-state index contributed by atoms with van der Waals surface area (Å²) >= 11 is 0. The lowest BCUT2D eigenvalue weighted by molar-refractivity contribution is -0.258. The summed E-state index contributed by atoms with van der Waals surface area (Å²) < 4.78 is 39.5. The van der Waals surface area contributed by atoms with Crippen molar-refractivity contribution in [3.63, 3.8) is 0 Å². The van der Waals surface area contributed by atoms with Crippen LogP contribution >= 0.6 is 0 Å². The SMILES string of the molecule is Cc1cc(CN2C3CCC2CN(Cc2ccc(-c4ccc(C(C)(O)C(F)(F)F)cc4)c(C)c2)C3)ccn1. The van der Waals surface area contributed by atoms with E-state index < -0.39 is 11.8 Å². The highest BCUT2D eigenvalue weighted by Crippen LogP contribution is 2.39. The minimum absolute atomic E-state index is 0.161. The van der Waals surface area contributed by atoms with Gasteiger partial charge in [0.1, 0.15) is 0 Å². The number of alkyl halides is 3. The number of nitrogens with zero attached hydrogens (tertiary/aromatic N) is 3. The van der Waals surface area contributed by atoms with Gasteiger partial charge >= 0.3 is 6.18 Å². The van der Waals surface area contributed by atoms with Crippen molar-refractivity contribution in [1.82, 2.24) is 14.8 Å². The Morgan fingerprint density at radius 1 is 0.892 bits per heavy atom. The van der Waals surface area contributed by atoms with Gasteiger partial charge in [0.05, 0.1) is 0 Å². The second kappa shape index (κ2) is 9.86. The molecule has 0 spiro atoms. The van der Waals surface area contributed by atoms with Gasteiger partial charge in [0.25, 0.3) is 0 Å². The van der Waals surface area contributed by atoms with Crippen LogP contribution in [0.25, 0.3) is 11.1 Å². The maximum Gasteiger partial charge on any atom is 0.421 e. The molecule has 2 aliphatic heterocycles. The number of aryl methyl sites for hydroxylation is 2. The Morgan fingerprint density at radius 2 is 1.54 bits per heavy atom. The Bertz CT molecular complexity index is 1240. The van der Waals surface area contributed by atoms with E-state index in [1.54, 1.807) is 12.1 Å². The lowest BCUT2D eigenvalue weighted by atomic mass is 9.92. The number of piperazine rings is 1. The molecule has 0 radical (unpaired) electrons. The molecular formula is C30H34F3N3O. The summed E-state index contributed by atoms with van der Waals surface area (Å²) in [6, 6.07) is 17.8. The number of hydrogen-bond donors (Lipinski definition) is 1. The van der Waals surface area contributed by atoms with Crippen LogP contribution in [0.1, 0.15) is 47.7 Å². The summed E-state index contributed by atoms with van der Waals surface area (Å²) in [6.07, 6.45) is -0.356. The zero-order valence-electron chi connectivity index (χ0n) is 21.6. The fourth-order valence-corrected chi connectivity index (χ4v) is 5.92. The van der Waals surface area contributed by atoms with Crippen molar-refractivity contribution < 1.29 is 18.3 Å². The molecule has 2 aliphatic rings. The molecule has 7 heteroatoms. The van der Waals surface area contributed by atoms with Crippen LogP contribution in [-0.4, -0.2) is 51.2 Å². The highest BCUT2D eigenvalue weighted by atomic mass is 19.4. The van der Waals surface area contributed by atoms with E-state index in [2.05, 4.69) is 45.1 Å². The second-order valence-corrected chi connectivity index (χ2v) is 10.9. The van der Waals surface area contributed by atoms with Crippen molar-refractivity contribution in [1.29, 1.82) is 0 Å². The molecular weight excluding hydrogens is 475 g/mol. The number of aromatic nitrogens is 1. The van der Waals surface area contributed by atoms with Gasteiger partial charge in [-0.3, -0.25) is 14.8 Å². The van der Waals surface area contributed by atoms with E-state index in [1.165, 1.54) is 36.1 Å². The summed E-state index contributed by atoms with van der Waals surface area (Å²) in [6.45, 7) is 8.85. The molecule has 37 heavy (non-hydrogen) atoms. The third-order valence-corrected chi connectivity index (χ3v) is 8.04. The van der Waals surface area contributed by atoms with E-state index >= 15 is 0 Å². The Balaban J connectivity index is 1.24. The number of rotatable bonds is 6. The lowest BCUT2D eigenvalue weighted by Crippen LogP contribution is -2.52. The van der Waals surface area contributed by atoms with Gasteiger partial charge in [0.2, 0.25) is 0 Å². The van der Waals surface area contributed by atoms with E-state index in [-0.39, 0.29) is 5.56 Å². The number of benzene rings is 2. The van der Waals surface area contributed by atoms with E-state index in [0.717, 1.165) is 55.5 Å². The number of hydrogen-bond acceptors (Lipinski definition) is 4. The first-order valence-corrected chi connectivity index (χ1v) is 12.9. The molecule has 2 bridgehead atoms. The Hall–Kier alpha value is -2.74. The van der Waals surface area contributed by atoms with Crippen LogP contribution in [0.2, 0.25) is 0 Å². The minimum Gasteiger partial charge on any atom is -0.376 e. The molecule has 3 aromatic rings. The van der Waals surface area contributed by atoms with Crippen LogP contribution in [0.4, 0.5) is 13.2 Å². The number of fused-ring (bicyclic) bond motifs is 2. The fourth-order valence-electron chi connectivity index (χ4n) is 5.92. The van der Waals surface area contributed by atoms with Crippen molar-refractivity contribution in [2.24, 2.45) is 0 Å². The molecule has 196 valence electrons. The molecule has 3 unspecified atom stereocenters. The summed E-state index contributed by atoms with van der Waals surface area (Å²) in [5.74, 6) is 0. The first-order valence-electron chi connectivity index (χ1n) is 12.9. The molecule has 4 nitrogen and oxygen atoms in total. The Kier molecular flexibility index (Phi) is 6.90. The predicted molar refractivity (Wildman–Crippen MR) is 139 cm³/mol. The van der Waals surface area contributed by atoms with Crippen molar-refractivity contribution >= 4 is 0 Å². The molecule has 0 amide bonds. The maximum absolute atomic E-state index is 13.2. The zero-order chi connectivity index (χ0) is 26.4. The third-order valence-electron chi connectivity index (χ3n) is 8.04. The van der Waals surface area contributed by atoms with Gasteiger partial charge in [-0.2, -0.15) is 13.2 Å². The largest absolute Gasteiger partial charge is 0.421 e. The Morgan fingerprint density at radius 3 is 2.14 bits per heavy atom. The average molecular weight is 510 g/mol. The topological polar surface area (TPSA) is 39.6 Å². The second-order valence-electron chi connectivity index (χ2n) is 10.9. The summed E-state index contributed by atoms with van der Waals surface area (Å²) in [7, 11) is 0. The molecule has 2 fully saturated rings. The molecule has 0 aliphatic carbocycles. The van der Waals surface area contributed by atoms with Gasteiger partial charge in [-0.25, -0.2) is 0 Å². The van der Waals surface area contributed by atoms with Crippen molar-refractivity contribution in [2.45, 2.75) is 70.6 Å². The van der Waals surface area contributed by atoms with Crippen LogP contribution in [0.15, 0.2) is 60.8 Å². The van der Waals surface area contributed by atoms with E-state index in [0.29, 0.717) is 12.1 Å². The van der Waals surface area contributed by atoms with Crippen LogP contribution in [-0.2, 0) is 18.7 Å². The van der Waals surface area contributed by atoms with Crippen LogP contribution in [0.3, 0.4) is 0 Å². The fraction of sp³-hybridized carbons (Fsp3) is 0.433. The van der Waals surface area contributed by atoms with Gasteiger partial charge in [-0.1, -0.05) is 42.5 Å². The highest BCUT2D eigenvalue weighted by Gasteiger charge is 2.51. The predicted octanol–water partition coefficient (Wildman–Crippen LogP) is 5.98. The smallest absolute Gasteiger partial charge is 0.376 e. The van der Waals surface area contributed by atoms with Gasteiger partial charge in [0, 0.05) is 50.2 Å². The molecule has 0 saturated carbocycles. The van der Waals surface area contributed by atoms with Crippen molar-refractivity contribution in [2.75, 3.05) is 13.1 Å². The van der Waals surface area contributed by atoms with E-state index in [4.69, 9.17) is 0 Å². The van der Waals surface area contributed by atoms with Gasteiger partial charge in [-0.05, 0) is 79.1 Å². The summed E-state index contributed by atoms with van der Waals surface area (Å²) in [5, 5.41) is 9.94. The van der Waals surface area contributed by atoms with Crippen LogP contribution in [0, 0.1) is 13.8 Å². The standard InChI is InChI=1S/C30H34F3N3O/c1-20-14-22(4-11-28(20)24-5-7-25(8-6-24)29(3,37)30(31,32)33)16-35-18-26-9-10-27(19-35)36(26)17-23-12-13-34-21(2)15-23/h4-8,11-15,26-27,37H,9-10,16-19H2,1-3H3. The van der Waals surface area contributed by atoms with Crippen LogP contribution in [0.5, 0.6) is 0 Å². The van der Waals surface area contributed by atoms with Crippen molar-refractivity contribution in [3.8, 4) is 11.1 Å². The van der Waals surface area contributed by atoms with E-state index in [9.17, 15) is 18.3 Å². The highest BCUT2D eigenvalue weighted by molar-refractivity contribution is 5.68. The first-order chi connectivity index (χ1) is 17.5. The quantitative estimate of drug-likeness (QED) is 0.444. The number of likely N-dealkylation sites (tertiary alicyclic amines) is 1. The average Bonchev–Trinajstić information content (AvgIpc) is 3.06. The molecule has 3 heterocycles. The van der Waals surface area contributed by atoms with Gasteiger partial charge in [-0.15, -0.1) is 0 Å². The summed E-state index contributed by atoms with van der Waals surface area (Å²) in [5.41, 5.74) is 3.52. The molecule has 2 aromatic carbocycles. The summed E-state index contributed by atoms with van der Waals surface area (Å²) in [4.78, 5) is 9.54. The molecule has 5 rings (SSSR count). The van der Waals surface area contributed by atoms with Crippen molar-refractivity contribution in [3.05, 3.63) is 88.7 Å². The molecule has 1 N–H and O–H groups in total. The van der Waals surface area contributed by atoms with E-state index in [1.807, 2.05) is 20.0 Å². The van der Waals surface area contributed by atoms with Crippen LogP contribution < -0.4 is 0 Å². The normalized spacial score (nSPS) is 22.2. The first kappa shape index (κ1) is 25.9. The molecule has 1 aromatic heterocycles. The Labute approximate surface area is 216 Å². The maximum atomic E-state index is 13.2. The minimum atomic E-state index is -4.73. The zero-order valence-corrected chi connectivity index (χ0v) is 21.6. The van der Waals surface area contributed by atoms with Gasteiger partial charge in [0.15, 0.2) is 5.60 Å². The third kappa shape index (κ3) is 5.31. The molecule has 3 atom stereocenters. The number of aliphatic hydroxyl groups is 1. The lowest BCUT2D eigenvalue weighted by Gasteiger charge is -2.41. The number of pyridine rings is 1. The van der Waals surface area contributed by atoms with Gasteiger partial charge < -0.3 is 5.11 Å². The monoisotopic (exact) mass is 509 g/mol. The number of halogens is 3.